The number of hydrogen-bond acceptors (Lipinski definition) is 3. The van der Waals surface area contributed by atoms with Crippen LogP contribution in [0.4, 0.5) is 0 Å². The predicted octanol–water partition coefficient (Wildman–Crippen LogP) is 3.26. The van der Waals surface area contributed by atoms with E-state index in [9.17, 15) is 0 Å². The van der Waals surface area contributed by atoms with E-state index in [2.05, 4.69) is 52.4 Å². The van der Waals surface area contributed by atoms with Crippen LogP contribution in [-0.4, -0.2) is 16.1 Å². The summed E-state index contributed by atoms with van der Waals surface area (Å²) in [6.07, 6.45) is 1.90. The lowest BCUT2D eigenvalue weighted by molar-refractivity contribution is 0.612. The van der Waals surface area contributed by atoms with Crippen LogP contribution in [0, 0.1) is 13.8 Å². The number of hydrogen-bond donors (Lipinski definition) is 1. The summed E-state index contributed by atoms with van der Waals surface area (Å²) in [4.78, 5) is 4.51. The minimum atomic E-state index is 0.165. The zero-order valence-corrected chi connectivity index (χ0v) is 11.9. The number of imidazole rings is 1. The van der Waals surface area contributed by atoms with E-state index in [1.807, 2.05) is 6.33 Å². The topological polar surface area (TPSA) is 43.8 Å². The van der Waals surface area contributed by atoms with Gasteiger partial charge in [0.2, 0.25) is 0 Å². The molecular formula is C15H17N3S. The minimum Gasteiger partial charge on any atom is -0.328 e. The van der Waals surface area contributed by atoms with Gasteiger partial charge in [0.1, 0.15) is 0 Å². The Labute approximate surface area is 116 Å². The Balaban J connectivity index is 2.17. The SMILES string of the molecule is Cc1cc2ncn(C(CN)c3ccsc3)c2cc1C. The Kier molecular flexibility index (Phi) is 3.12. The van der Waals surface area contributed by atoms with Crippen LogP contribution in [-0.2, 0) is 0 Å². The normalized spacial score (nSPS) is 13.0. The molecule has 2 N–H and O–H groups in total. The van der Waals surface area contributed by atoms with Crippen molar-refractivity contribution in [2.24, 2.45) is 5.73 Å². The van der Waals surface area contributed by atoms with E-state index in [-0.39, 0.29) is 6.04 Å². The van der Waals surface area contributed by atoms with E-state index in [4.69, 9.17) is 5.73 Å². The van der Waals surface area contributed by atoms with Gasteiger partial charge in [-0.2, -0.15) is 11.3 Å². The van der Waals surface area contributed by atoms with E-state index in [0.717, 1.165) is 11.0 Å². The van der Waals surface area contributed by atoms with Crippen molar-refractivity contribution in [3.05, 3.63) is 52.0 Å². The highest BCUT2D eigenvalue weighted by molar-refractivity contribution is 7.07. The third kappa shape index (κ3) is 2.07. The molecule has 0 aliphatic rings. The zero-order chi connectivity index (χ0) is 13.4. The fraction of sp³-hybridized carbons (Fsp3) is 0.267. The van der Waals surface area contributed by atoms with Crippen LogP contribution < -0.4 is 5.73 Å². The highest BCUT2D eigenvalue weighted by Gasteiger charge is 2.15. The molecule has 1 atom stereocenters. The molecule has 4 heteroatoms. The Bertz CT molecular complexity index is 698. The fourth-order valence-electron chi connectivity index (χ4n) is 2.41. The molecule has 1 aromatic carbocycles. The van der Waals surface area contributed by atoms with Crippen molar-refractivity contribution in [1.29, 1.82) is 0 Å². The number of thiophene rings is 1. The zero-order valence-electron chi connectivity index (χ0n) is 11.1. The molecule has 3 nitrogen and oxygen atoms in total. The summed E-state index contributed by atoms with van der Waals surface area (Å²) < 4.78 is 2.18. The first-order valence-corrected chi connectivity index (χ1v) is 7.31. The lowest BCUT2D eigenvalue weighted by atomic mass is 10.1. The molecule has 3 rings (SSSR count). The summed E-state index contributed by atoms with van der Waals surface area (Å²) in [5, 5.41) is 4.25. The first kappa shape index (κ1) is 12.4. The summed E-state index contributed by atoms with van der Waals surface area (Å²) in [5.74, 6) is 0. The van der Waals surface area contributed by atoms with Crippen LogP contribution in [0.1, 0.15) is 22.7 Å². The highest BCUT2D eigenvalue weighted by Crippen LogP contribution is 2.26. The molecule has 2 aromatic heterocycles. The van der Waals surface area contributed by atoms with Crippen LogP contribution in [0.3, 0.4) is 0 Å². The number of fused-ring (bicyclic) bond motifs is 1. The molecule has 2 heterocycles. The summed E-state index contributed by atoms with van der Waals surface area (Å²) in [5.41, 5.74) is 12.0. The van der Waals surface area contributed by atoms with Crippen LogP contribution in [0.25, 0.3) is 11.0 Å². The number of nitrogens with two attached hydrogens (primary N) is 1. The average molecular weight is 271 g/mol. The maximum Gasteiger partial charge on any atom is 0.0964 e. The molecule has 0 bridgehead atoms. The van der Waals surface area contributed by atoms with E-state index < -0.39 is 0 Å². The Morgan fingerprint density at radius 2 is 2.11 bits per heavy atom. The number of nitrogens with zero attached hydrogens (tertiary/aromatic N) is 2. The molecule has 0 aliphatic carbocycles. The summed E-state index contributed by atoms with van der Waals surface area (Å²) >= 11 is 1.70. The molecule has 0 spiro atoms. The molecule has 98 valence electrons. The van der Waals surface area contributed by atoms with Gasteiger partial charge in [0, 0.05) is 6.54 Å². The molecular weight excluding hydrogens is 254 g/mol. The smallest absolute Gasteiger partial charge is 0.0964 e. The first-order valence-electron chi connectivity index (χ1n) is 6.36. The monoisotopic (exact) mass is 271 g/mol. The van der Waals surface area contributed by atoms with Gasteiger partial charge >= 0.3 is 0 Å². The lowest BCUT2D eigenvalue weighted by Crippen LogP contribution is -2.19. The molecule has 0 amide bonds. The van der Waals surface area contributed by atoms with Gasteiger partial charge in [-0.05, 0) is 59.5 Å². The minimum absolute atomic E-state index is 0.165. The van der Waals surface area contributed by atoms with Crippen LogP contribution in [0.5, 0.6) is 0 Å². The maximum absolute atomic E-state index is 5.97. The van der Waals surface area contributed by atoms with Gasteiger partial charge in [-0.3, -0.25) is 0 Å². The fourth-order valence-corrected chi connectivity index (χ4v) is 3.11. The van der Waals surface area contributed by atoms with Crippen LogP contribution >= 0.6 is 11.3 Å². The Morgan fingerprint density at radius 3 is 2.79 bits per heavy atom. The van der Waals surface area contributed by atoms with Crippen molar-refractivity contribution in [3.8, 4) is 0 Å². The molecule has 0 aliphatic heterocycles. The second kappa shape index (κ2) is 4.79. The number of rotatable bonds is 3. The average Bonchev–Trinajstić information content (AvgIpc) is 3.03. The molecule has 0 radical (unpaired) electrons. The quantitative estimate of drug-likeness (QED) is 0.794. The summed E-state index contributed by atoms with van der Waals surface area (Å²) in [7, 11) is 0. The van der Waals surface area contributed by atoms with Gasteiger partial charge in [0.15, 0.2) is 0 Å². The van der Waals surface area contributed by atoms with Crippen molar-refractivity contribution in [2.75, 3.05) is 6.54 Å². The molecule has 0 fully saturated rings. The van der Waals surface area contributed by atoms with Gasteiger partial charge in [0.25, 0.3) is 0 Å². The molecule has 0 saturated heterocycles. The second-order valence-corrected chi connectivity index (χ2v) is 5.67. The van der Waals surface area contributed by atoms with Crippen LogP contribution in [0.15, 0.2) is 35.3 Å². The largest absolute Gasteiger partial charge is 0.328 e. The molecule has 1 unspecified atom stereocenters. The molecule has 0 saturated carbocycles. The van der Waals surface area contributed by atoms with Gasteiger partial charge in [0.05, 0.1) is 23.4 Å². The Hall–Kier alpha value is -1.65. The predicted molar refractivity (Wildman–Crippen MR) is 80.7 cm³/mol. The standard InChI is InChI=1S/C15H17N3S/c1-10-5-13-14(6-11(10)2)18(9-17-13)15(7-16)12-3-4-19-8-12/h3-6,8-9,15H,7,16H2,1-2H3. The van der Waals surface area contributed by atoms with Crippen molar-refractivity contribution >= 4 is 22.4 Å². The molecule has 3 aromatic rings. The van der Waals surface area contributed by atoms with Gasteiger partial charge in [-0.25, -0.2) is 4.98 Å². The number of aromatic nitrogens is 2. The third-order valence-electron chi connectivity index (χ3n) is 3.68. The van der Waals surface area contributed by atoms with Crippen molar-refractivity contribution in [2.45, 2.75) is 19.9 Å². The van der Waals surface area contributed by atoms with E-state index in [1.54, 1.807) is 11.3 Å². The van der Waals surface area contributed by atoms with E-state index in [0.29, 0.717) is 6.54 Å². The highest BCUT2D eigenvalue weighted by atomic mass is 32.1. The van der Waals surface area contributed by atoms with E-state index >= 15 is 0 Å². The van der Waals surface area contributed by atoms with Crippen molar-refractivity contribution < 1.29 is 0 Å². The number of aryl methyl sites for hydroxylation is 2. The third-order valence-corrected chi connectivity index (χ3v) is 4.38. The van der Waals surface area contributed by atoms with Gasteiger partial charge < -0.3 is 10.3 Å². The second-order valence-electron chi connectivity index (χ2n) is 4.89. The van der Waals surface area contributed by atoms with Crippen molar-refractivity contribution in [1.82, 2.24) is 9.55 Å². The Morgan fingerprint density at radius 1 is 1.32 bits per heavy atom. The lowest BCUT2D eigenvalue weighted by Gasteiger charge is -2.16. The summed E-state index contributed by atoms with van der Waals surface area (Å²) in [6, 6.07) is 6.64. The van der Waals surface area contributed by atoms with Gasteiger partial charge in [-0.1, -0.05) is 0 Å². The number of benzene rings is 1. The van der Waals surface area contributed by atoms with Crippen LogP contribution in [0.2, 0.25) is 0 Å². The maximum atomic E-state index is 5.97. The van der Waals surface area contributed by atoms with Crippen molar-refractivity contribution in [3.63, 3.8) is 0 Å². The molecule has 19 heavy (non-hydrogen) atoms. The first-order chi connectivity index (χ1) is 9.20. The van der Waals surface area contributed by atoms with Gasteiger partial charge in [-0.15, -0.1) is 0 Å². The van der Waals surface area contributed by atoms with E-state index in [1.165, 1.54) is 16.7 Å². The summed E-state index contributed by atoms with van der Waals surface area (Å²) in [6.45, 7) is 4.83.